The summed E-state index contributed by atoms with van der Waals surface area (Å²) in [6, 6.07) is -0.0227. The van der Waals surface area contributed by atoms with Gasteiger partial charge in [-0.05, 0) is 19.3 Å². The minimum atomic E-state index is -0.483. The zero-order valence-corrected chi connectivity index (χ0v) is 12.9. The molecule has 2 rings (SSSR count). The average molecular weight is 297 g/mol. The van der Waals surface area contributed by atoms with E-state index in [4.69, 9.17) is 4.74 Å². The molecular formula is C15H27N3O3. The fraction of sp³-hybridized carbons (Fsp3) is 0.867. The van der Waals surface area contributed by atoms with E-state index >= 15 is 0 Å². The highest BCUT2D eigenvalue weighted by molar-refractivity contribution is 5.88. The molecule has 0 bridgehead atoms. The number of rotatable bonds is 6. The summed E-state index contributed by atoms with van der Waals surface area (Å²) in [5.74, 6) is -0.104. The SMILES string of the molecule is CCCNC(=O)C1COCCN1C(=O)CNC1CCCC1. The first-order valence-corrected chi connectivity index (χ1v) is 8.10. The molecule has 2 amide bonds. The third-order valence-electron chi connectivity index (χ3n) is 4.20. The first kappa shape index (κ1) is 16.2. The minimum absolute atomic E-state index is 0.00171. The van der Waals surface area contributed by atoms with Crippen LogP contribution in [-0.2, 0) is 14.3 Å². The van der Waals surface area contributed by atoms with Crippen molar-refractivity contribution in [3.05, 3.63) is 0 Å². The van der Waals surface area contributed by atoms with E-state index in [2.05, 4.69) is 10.6 Å². The van der Waals surface area contributed by atoms with Gasteiger partial charge < -0.3 is 20.3 Å². The summed E-state index contributed by atoms with van der Waals surface area (Å²) in [6.45, 7) is 4.26. The number of nitrogens with zero attached hydrogens (tertiary/aromatic N) is 1. The van der Waals surface area contributed by atoms with Crippen LogP contribution in [0.25, 0.3) is 0 Å². The molecule has 1 saturated heterocycles. The van der Waals surface area contributed by atoms with Crippen molar-refractivity contribution < 1.29 is 14.3 Å². The Morgan fingerprint density at radius 1 is 1.29 bits per heavy atom. The highest BCUT2D eigenvalue weighted by Gasteiger charge is 2.32. The number of ether oxygens (including phenoxy) is 1. The van der Waals surface area contributed by atoms with Gasteiger partial charge in [0, 0.05) is 19.1 Å². The van der Waals surface area contributed by atoms with Crippen molar-refractivity contribution in [2.75, 3.05) is 32.8 Å². The molecule has 1 aliphatic carbocycles. The molecule has 1 heterocycles. The van der Waals surface area contributed by atoms with Crippen LogP contribution in [0.15, 0.2) is 0 Å². The predicted octanol–water partition coefficient (Wildman–Crippen LogP) is 0.272. The summed E-state index contributed by atoms with van der Waals surface area (Å²) in [5.41, 5.74) is 0. The average Bonchev–Trinajstić information content (AvgIpc) is 3.03. The summed E-state index contributed by atoms with van der Waals surface area (Å²) in [5, 5.41) is 6.17. The van der Waals surface area contributed by atoms with Gasteiger partial charge in [-0.1, -0.05) is 19.8 Å². The lowest BCUT2D eigenvalue weighted by Crippen LogP contribution is -2.57. The molecule has 0 aromatic rings. The van der Waals surface area contributed by atoms with Crippen molar-refractivity contribution in [2.24, 2.45) is 0 Å². The minimum Gasteiger partial charge on any atom is -0.377 e. The Kier molecular flexibility index (Phi) is 6.45. The van der Waals surface area contributed by atoms with E-state index in [1.54, 1.807) is 4.90 Å². The fourth-order valence-electron chi connectivity index (χ4n) is 2.95. The number of amides is 2. The van der Waals surface area contributed by atoms with Gasteiger partial charge in [0.25, 0.3) is 0 Å². The fourth-order valence-corrected chi connectivity index (χ4v) is 2.95. The lowest BCUT2D eigenvalue weighted by atomic mass is 10.2. The molecule has 120 valence electrons. The van der Waals surface area contributed by atoms with Crippen molar-refractivity contribution in [3.8, 4) is 0 Å². The van der Waals surface area contributed by atoms with Crippen LogP contribution in [0.5, 0.6) is 0 Å². The summed E-state index contributed by atoms with van der Waals surface area (Å²) in [4.78, 5) is 26.2. The summed E-state index contributed by atoms with van der Waals surface area (Å²) < 4.78 is 5.37. The zero-order chi connectivity index (χ0) is 15.1. The molecular weight excluding hydrogens is 270 g/mol. The predicted molar refractivity (Wildman–Crippen MR) is 79.9 cm³/mol. The van der Waals surface area contributed by atoms with Gasteiger partial charge in [0.1, 0.15) is 6.04 Å². The van der Waals surface area contributed by atoms with Gasteiger partial charge in [-0.3, -0.25) is 9.59 Å². The standard InChI is InChI=1S/C15H27N3O3/c1-2-7-16-15(20)13-11-21-9-8-18(13)14(19)10-17-12-5-3-4-6-12/h12-13,17H,2-11H2,1H3,(H,16,20). The van der Waals surface area contributed by atoms with Crippen LogP contribution in [0.3, 0.4) is 0 Å². The van der Waals surface area contributed by atoms with E-state index in [9.17, 15) is 9.59 Å². The Hall–Kier alpha value is -1.14. The lowest BCUT2D eigenvalue weighted by Gasteiger charge is -2.35. The second kappa shape index (κ2) is 8.34. The van der Waals surface area contributed by atoms with Crippen molar-refractivity contribution in [1.82, 2.24) is 15.5 Å². The Morgan fingerprint density at radius 2 is 2.05 bits per heavy atom. The quantitative estimate of drug-likeness (QED) is 0.738. The molecule has 21 heavy (non-hydrogen) atoms. The van der Waals surface area contributed by atoms with E-state index in [1.165, 1.54) is 12.8 Å². The Morgan fingerprint density at radius 3 is 2.76 bits per heavy atom. The summed E-state index contributed by atoms with van der Waals surface area (Å²) in [6.07, 6.45) is 5.67. The zero-order valence-electron chi connectivity index (χ0n) is 12.9. The van der Waals surface area contributed by atoms with Gasteiger partial charge in [0.15, 0.2) is 0 Å². The van der Waals surface area contributed by atoms with Gasteiger partial charge in [-0.2, -0.15) is 0 Å². The van der Waals surface area contributed by atoms with Crippen LogP contribution in [0.4, 0.5) is 0 Å². The van der Waals surface area contributed by atoms with Crippen molar-refractivity contribution >= 4 is 11.8 Å². The van der Waals surface area contributed by atoms with E-state index in [-0.39, 0.29) is 11.8 Å². The number of hydrogen-bond acceptors (Lipinski definition) is 4. The highest BCUT2D eigenvalue weighted by atomic mass is 16.5. The Labute approximate surface area is 126 Å². The first-order chi connectivity index (χ1) is 10.2. The lowest BCUT2D eigenvalue weighted by molar-refractivity contribution is -0.147. The van der Waals surface area contributed by atoms with Crippen LogP contribution < -0.4 is 10.6 Å². The van der Waals surface area contributed by atoms with Crippen LogP contribution in [0.1, 0.15) is 39.0 Å². The molecule has 1 saturated carbocycles. The first-order valence-electron chi connectivity index (χ1n) is 8.10. The van der Waals surface area contributed by atoms with E-state index in [0.717, 1.165) is 19.3 Å². The normalized spacial score (nSPS) is 23.3. The van der Waals surface area contributed by atoms with Crippen LogP contribution in [0.2, 0.25) is 0 Å². The topological polar surface area (TPSA) is 70.7 Å². The van der Waals surface area contributed by atoms with Crippen molar-refractivity contribution in [1.29, 1.82) is 0 Å². The molecule has 0 aromatic heterocycles. The Bertz CT molecular complexity index is 356. The molecule has 2 fully saturated rings. The Balaban J connectivity index is 1.84. The van der Waals surface area contributed by atoms with Crippen molar-refractivity contribution in [2.45, 2.75) is 51.1 Å². The van der Waals surface area contributed by atoms with Gasteiger partial charge in [-0.15, -0.1) is 0 Å². The van der Waals surface area contributed by atoms with Crippen LogP contribution in [-0.4, -0.2) is 61.6 Å². The molecule has 1 aliphatic heterocycles. The maximum atomic E-state index is 12.4. The largest absolute Gasteiger partial charge is 0.377 e. The second-order valence-corrected chi connectivity index (χ2v) is 5.83. The maximum Gasteiger partial charge on any atom is 0.245 e. The molecule has 0 radical (unpaired) electrons. The molecule has 1 unspecified atom stereocenters. The third-order valence-corrected chi connectivity index (χ3v) is 4.20. The molecule has 0 spiro atoms. The third kappa shape index (κ3) is 4.68. The van der Waals surface area contributed by atoms with Gasteiger partial charge in [0.05, 0.1) is 19.8 Å². The number of carbonyl (C=O) groups is 2. The van der Waals surface area contributed by atoms with Crippen LogP contribution in [0, 0.1) is 0 Å². The smallest absolute Gasteiger partial charge is 0.245 e. The van der Waals surface area contributed by atoms with E-state index < -0.39 is 6.04 Å². The van der Waals surface area contributed by atoms with E-state index in [1.807, 2.05) is 6.92 Å². The number of hydrogen-bond donors (Lipinski definition) is 2. The van der Waals surface area contributed by atoms with E-state index in [0.29, 0.717) is 38.9 Å². The molecule has 1 atom stereocenters. The highest BCUT2D eigenvalue weighted by Crippen LogP contribution is 2.17. The van der Waals surface area contributed by atoms with Gasteiger partial charge >= 0.3 is 0 Å². The molecule has 6 nitrogen and oxygen atoms in total. The molecule has 2 N–H and O–H groups in total. The number of nitrogens with one attached hydrogen (secondary N) is 2. The molecule has 0 aromatic carbocycles. The molecule has 2 aliphatic rings. The summed E-state index contributed by atoms with van der Waals surface area (Å²) in [7, 11) is 0. The number of morpholine rings is 1. The summed E-state index contributed by atoms with van der Waals surface area (Å²) >= 11 is 0. The maximum absolute atomic E-state index is 12.4. The van der Waals surface area contributed by atoms with Crippen LogP contribution >= 0.6 is 0 Å². The van der Waals surface area contributed by atoms with Gasteiger partial charge in [0.2, 0.25) is 11.8 Å². The number of carbonyl (C=O) groups excluding carboxylic acids is 2. The second-order valence-electron chi connectivity index (χ2n) is 5.83. The molecule has 6 heteroatoms. The monoisotopic (exact) mass is 297 g/mol. The van der Waals surface area contributed by atoms with Gasteiger partial charge in [-0.25, -0.2) is 0 Å². The van der Waals surface area contributed by atoms with Crippen molar-refractivity contribution in [3.63, 3.8) is 0 Å².